The van der Waals surface area contributed by atoms with E-state index in [1.54, 1.807) is 13.2 Å². The van der Waals surface area contributed by atoms with E-state index >= 15 is 0 Å². The van der Waals surface area contributed by atoms with Gasteiger partial charge in [-0.05, 0) is 23.7 Å². The molecule has 2 rings (SSSR count). The fraction of sp³-hybridized carbons (Fsp3) is 0.100. The Hall–Kier alpha value is -0.770. The molecule has 2 nitrogen and oxygen atoms in total. The molecule has 0 saturated carbocycles. The Morgan fingerprint density at radius 3 is 2.80 bits per heavy atom. The Balaban J connectivity index is 2.80. The number of methoxy groups -OCH3 is 1. The fourth-order valence-electron chi connectivity index (χ4n) is 1.36. The predicted molar refractivity (Wildman–Crippen MR) is 63.6 cm³/mol. The largest absolute Gasteiger partial charge is 0.495 e. The number of halogens is 2. The van der Waals surface area contributed by atoms with Crippen LogP contribution in [0.3, 0.4) is 0 Å². The molecule has 15 heavy (non-hydrogen) atoms. The summed E-state index contributed by atoms with van der Waals surface area (Å²) < 4.78 is 6.13. The molecule has 0 fully saturated rings. The summed E-state index contributed by atoms with van der Waals surface area (Å²) in [6, 6.07) is 3.43. The molecule has 0 N–H and O–H groups in total. The van der Waals surface area contributed by atoms with Crippen LogP contribution >= 0.6 is 34.5 Å². The molecule has 78 valence electrons. The Labute approximate surface area is 100 Å². The van der Waals surface area contributed by atoms with Gasteiger partial charge in [-0.15, -0.1) is 11.3 Å². The van der Waals surface area contributed by atoms with E-state index in [1.807, 2.05) is 11.4 Å². The highest BCUT2D eigenvalue weighted by atomic mass is 35.5. The van der Waals surface area contributed by atoms with Crippen molar-refractivity contribution in [3.8, 4) is 5.75 Å². The number of rotatable bonds is 2. The van der Waals surface area contributed by atoms with E-state index in [0.29, 0.717) is 16.3 Å². The van der Waals surface area contributed by atoms with E-state index in [1.165, 1.54) is 11.3 Å². The number of carbonyl (C=O) groups is 1. The van der Waals surface area contributed by atoms with Crippen molar-refractivity contribution in [2.75, 3.05) is 7.11 Å². The zero-order chi connectivity index (χ0) is 11.0. The first kappa shape index (κ1) is 10.7. The van der Waals surface area contributed by atoms with Gasteiger partial charge in [0.15, 0.2) is 0 Å². The van der Waals surface area contributed by atoms with E-state index in [9.17, 15) is 4.79 Å². The lowest BCUT2D eigenvalue weighted by molar-refractivity contribution is 0.108. The standard InChI is InChI=1S/C10H6Cl2O2S/c1-14-6-4-15-7-3-2-5(10(12)13)9(11)8(6)7/h2-4H,1H3. The SMILES string of the molecule is COc1csc2ccc(C(=O)Cl)c(Cl)c12. The summed E-state index contributed by atoms with van der Waals surface area (Å²) in [5.41, 5.74) is 0.308. The summed E-state index contributed by atoms with van der Waals surface area (Å²) in [5, 5.41) is 2.38. The maximum absolute atomic E-state index is 11.1. The zero-order valence-electron chi connectivity index (χ0n) is 7.71. The van der Waals surface area contributed by atoms with Crippen LogP contribution in [0.15, 0.2) is 17.5 Å². The lowest BCUT2D eigenvalue weighted by atomic mass is 10.2. The molecule has 0 aliphatic rings. The maximum atomic E-state index is 11.1. The topological polar surface area (TPSA) is 26.3 Å². The van der Waals surface area contributed by atoms with Crippen LogP contribution in [0.25, 0.3) is 10.1 Å². The normalized spacial score (nSPS) is 10.6. The molecule has 0 aliphatic carbocycles. The monoisotopic (exact) mass is 260 g/mol. The number of ether oxygens (including phenoxy) is 1. The van der Waals surface area contributed by atoms with Gasteiger partial charge in [0.1, 0.15) is 5.75 Å². The quantitative estimate of drug-likeness (QED) is 0.765. The lowest BCUT2D eigenvalue weighted by Crippen LogP contribution is -1.90. The van der Waals surface area contributed by atoms with Gasteiger partial charge in [-0.25, -0.2) is 0 Å². The minimum atomic E-state index is -0.560. The minimum absolute atomic E-state index is 0.308. The second-order valence-electron chi connectivity index (χ2n) is 2.88. The molecule has 1 aromatic heterocycles. The van der Waals surface area contributed by atoms with Crippen molar-refractivity contribution in [1.29, 1.82) is 0 Å². The number of thiophene rings is 1. The van der Waals surface area contributed by atoms with Gasteiger partial charge in [-0.3, -0.25) is 4.79 Å². The number of carbonyl (C=O) groups excluding carboxylic acids is 1. The van der Waals surface area contributed by atoms with Gasteiger partial charge in [-0.2, -0.15) is 0 Å². The summed E-state index contributed by atoms with van der Waals surface area (Å²) >= 11 is 13.0. The van der Waals surface area contributed by atoms with Gasteiger partial charge >= 0.3 is 0 Å². The molecule has 0 unspecified atom stereocenters. The van der Waals surface area contributed by atoms with E-state index in [-0.39, 0.29) is 0 Å². The van der Waals surface area contributed by atoms with Crippen LogP contribution in [0.4, 0.5) is 0 Å². The number of hydrogen-bond acceptors (Lipinski definition) is 3. The lowest BCUT2D eigenvalue weighted by Gasteiger charge is -2.02. The van der Waals surface area contributed by atoms with Crippen molar-refractivity contribution in [1.82, 2.24) is 0 Å². The average molecular weight is 261 g/mol. The predicted octanol–water partition coefficient (Wildman–Crippen LogP) is 3.94. The molecule has 0 bridgehead atoms. The van der Waals surface area contributed by atoms with Gasteiger partial charge in [-0.1, -0.05) is 11.6 Å². The van der Waals surface area contributed by atoms with Crippen LogP contribution in [0.2, 0.25) is 5.02 Å². The molecule has 0 saturated heterocycles. The van der Waals surface area contributed by atoms with Gasteiger partial charge in [0, 0.05) is 10.1 Å². The second-order valence-corrected chi connectivity index (χ2v) is 4.51. The van der Waals surface area contributed by atoms with Gasteiger partial charge < -0.3 is 4.74 Å². The fourth-order valence-corrected chi connectivity index (χ4v) is 2.88. The molecule has 0 atom stereocenters. The van der Waals surface area contributed by atoms with Gasteiger partial charge in [0.2, 0.25) is 0 Å². The third-order valence-corrected chi connectivity index (χ3v) is 3.60. The van der Waals surface area contributed by atoms with Gasteiger partial charge in [0.05, 0.1) is 23.1 Å². The van der Waals surface area contributed by atoms with Crippen LogP contribution in [-0.2, 0) is 0 Å². The molecule has 1 aromatic carbocycles. The van der Waals surface area contributed by atoms with Crippen molar-refractivity contribution in [2.45, 2.75) is 0 Å². The Kier molecular flexibility index (Phi) is 2.87. The Bertz CT molecular complexity index is 533. The zero-order valence-corrected chi connectivity index (χ0v) is 10.0. The van der Waals surface area contributed by atoms with Crippen molar-refractivity contribution in [2.24, 2.45) is 0 Å². The van der Waals surface area contributed by atoms with E-state index in [4.69, 9.17) is 27.9 Å². The third-order valence-electron chi connectivity index (χ3n) is 2.07. The van der Waals surface area contributed by atoms with E-state index < -0.39 is 5.24 Å². The smallest absolute Gasteiger partial charge is 0.253 e. The van der Waals surface area contributed by atoms with Crippen molar-refractivity contribution >= 4 is 49.9 Å². The molecule has 0 spiro atoms. The molecule has 0 radical (unpaired) electrons. The molecule has 5 heteroatoms. The molecule has 1 heterocycles. The van der Waals surface area contributed by atoms with Crippen LogP contribution in [0, 0.1) is 0 Å². The number of hydrogen-bond donors (Lipinski definition) is 0. The van der Waals surface area contributed by atoms with Crippen LogP contribution in [0.5, 0.6) is 5.75 Å². The summed E-state index contributed by atoms with van der Waals surface area (Å²) in [6.45, 7) is 0. The second kappa shape index (κ2) is 4.00. The maximum Gasteiger partial charge on any atom is 0.253 e. The van der Waals surface area contributed by atoms with Crippen LogP contribution in [-0.4, -0.2) is 12.4 Å². The summed E-state index contributed by atoms with van der Waals surface area (Å²) in [5.74, 6) is 0.666. The molecule has 0 aliphatic heterocycles. The number of benzene rings is 1. The number of fused-ring (bicyclic) bond motifs is 1. The molecular formula is C10H6Cl2O2S. The minimum Gasteiger partial charge on any atom is -0.495 e. The summed E-state index contributed by atoms with van der Waals surface area (Å²) in [7, 11) is 1.56. The molecule has 0 amide bonds. The van der Waals surface area contributed by atoms with E-state index in [0.717, 1.165) is 10.1 Å². The Morgan fingerprint density at radius 1 is 1.47 bits per heavy atom. The highest BCUT2D eigenvalue weighted by molar-refractivity contribution is 7.17. The summed E-state index contributed by atoms with van der Waals surface area (Å²) in [4.78, 5) is 11.1. The first-order valence-corrected chi connectivity index (χ1v) is 5.72. The molecular weight excluding hydrogens is 255 g/mol. The molecule has 2 aromatic rings. The first-order valence-electron chi connectivity index (χ1n) is 4.08. The highest BCUT2D eigenvalue weighted by Crippen LogP contribution is 2.39. The summed E-state index contributed by atoms with van der Waals surface area (Å²) in [6.07, 6.45) is 0. The Morgan fingerprint density at radius 2 is 2.20 bits per heavy atom. The third kappa shape index (κ3) is 1.71. The van der Waals surface area contributed by atoms with Crippen molar-refractivity contribution in [3.63, 3.8) is 0 Å². The van der Waals surface area contributed by atoms with Crippen LogP contribution < -0.4 is 4.74 Å². The van der Waals surface area contributed by atoms with Crippen molar-refractivity contribution < 1.29 is 9.53 Å². The van der Waals surface area contributed by atoms with Crippen molar-refractivity contribution in [3.05, 3.63) is 28.1 Å². The van der Waals surface area contributed by atoms with Gasteiger partial charge in [0.25, 0.3) is 5.24 Å². The highest BCUT2D eigenvalue weighted by Gasteiger charge is 2.15. The van der Waals surface area contributed by atoms with E-state index in [2.05, 4.69) is 0 Å². The van der Waals surface area contributed by atoms with Crippen LogP contribution in [0.1, 0.15) is 10.4 Å². The first-order chi connectivity index (χ1) is 7.15. The average Bonchev–Trinajstić information content (AvgIpc) is 2.61.